The molecule has 0 atom stereocenters. The van der Waals surface area contributed by atoms with Crippen LogP contribution in [-0.4, -0.2) is 35.8 Å². The molecule has 38 heavy (non-hydrogen) atoms. The first-order valence-electron chi connectivity index (χ1n) is 12.4. The molecule has 4 aromatic rings. The van der Waals surface area contributed by atoms with E-state index in [1.165, 1.54) is 0 Å². The molecule has 0 saturated carbocycles. The number of allylic oxidation sites excluding steroid dienone is 1. The van der Waals surface area contributed by atoms with Crippen LogP contribution >= 0.6 is 0 Å². The van der Waals surface area contributed by atoms with E-state index >= 15 is 0 Å². The average Bonchev–Trinajstić information content (AvgIpc) is 2.94. The van der Waals surface area contributed by atoms with Gasteiger partial charge in [-0.3, -0.25) is 25.0 Å². The van der Waals surface area contributed by atoms with Crippen molar-refractivity contribution in [2.24, 2.45) is 0 Å². The lowest BCUT2D eigenvalue weighted by Crippen LogP contribution is -2.32. The fourth-order valence-corrected chi connectivity index (χ4v) is 4.00. The zero-order chi connectivity index (χ0) is 26.9. The fourth-order valence-electron chi connectivity index (χ4n) is 4.00. The summed E-state index contributed by atoms with van der Waals surface area (Å²) in [4.78, 5) is 29.4. The molecule has 8 heteroatoms. The third kappa shape index (κ3) is 6.28. The van der Waals surface area contributed by atoms with E-state index < -0.39 is 5.91 Å². The van der Waals surface area contributed by atoms with Gasteiger partial charge >= 0.3 is 0 Å². The molecular weight excluding hydrogens is 478 g/mol. The number of hydrazine groups is 1. The van der Waals surface area contributed by atoms with Crippen LogP contribution in [0.15, 0.2) is 96.3 Å². The summed E-state index contributed by atoms with van der Waals surface area (Å²) in [5, 5.41) is 9.01. The predicted molar refractivity (Wildman–Crippen MR) is 152 cm³/mol. The summed E-state index contributed by atoms with van der Waals surface area (Å²) in [5.41, 5.74) is 7.89. The van der Waals surface area contributed by atoms with Gasteiger partial charge in [0.05, 0.1) is 18.3 Å². The summed E-state index contributed by atoms with van der Waals surface area (Å²) >= 11 is 0. The van der Waals surface area contributed by atoms with Crippen LogP contribution in [0.4, 0.5) is 22.7 Å². The Bertz CT molecular complexity index is 1440. The van der Waals surface area contributed by atoms with Crippen molar-refractivity contribution in [1.82, 2.24) is 9.99 Å². The van der Waals surface area contributed by atoms with Gasteiger partial charge in [-0.1, -0.05) is 25.1 Å². The molecule has 194 valence electrons. The van der Waals surface area contributed by atoms with E-state index in [0.717, 1.165) is 40.1 Å². The Morgan fingerprint density at radius 1 is 0.974 bits per heavy atom. The molecule has 3 aromatic carbocycles. The number of pyridine rings is 1. The first kappa shape index (κ1) is 26.2. The van der Waals surface area contributed by atoms with Crippen molar-refractivity contribution in [2.75, 3.05) is 29.7 Å². The normalized spacial score (nSPS) is 11.3. The van der Waals surface area contributed by atoms with Crippen molar-refractivity contribution in [3.05, 3.63) is 96.3 Å². The average molecular weight is 510 g/mol. The van der Waals surface area contributed by atoms with E-state index in [4.69, 9.17) is 4.74 Å². The van der Waals surface area contributed by atoms with E-state index in [1.807, 2.05) is 78.7 Å². The molecule has 1 heterocycles. The summed E-state index contributed by atoms with van der Waals surface area (Å²) < 4.78 is 5.29. The maximum Gasteiger partial charge on any atom is 0.260 e. The number of carbonyl (C=O) groups is 2. The van der Waals surface area contributed by atoms with E-state index in [2.05, 4.69) is 21.0 Å². The van der Waals surface area contributed by atoms with Gasteiger partial charge in [-0.15, -0.1) is 0 Å². The third-order valence-electron chi connectivity index (χ3n) is 6.01. The molecular formula is C30H31N5O3. The Morgan fingerprint density at radius 3 is 2.39 bits per heavy atom. The van der Waals surface area contributed by atoms with Crippen LogP contribution in [0.2, 0.25) is 0 Å². The van der Waals surface area contributed by atoms with Crippen LogP contribution in [0.5, 0.6) is 5.75 Å². The van der Waals surface area contributed by atoms with Gasteiger partial charge in [-0.05, 0) is 67.9 Å². The summed E-state index contributed by atoms with van der Waals surface area (Å²) in [7, 11) is 1.63. The summed E-state index contributed by atoms with van der Waals surface area (Å²) in [6.45, 7) is 4.42. The van der Waals surface area contributed by atoms with Crippen molar-refractivity contribution < 1.29 is 14.3 Å². The standard InChI is InChI=1S/C30H31N5O3/c1-4-18-35(34-24-8-6-5-7-9-24)21(2)27(20-36)30(37)33-23-12-10-22(11-13-23)32-28-16-17-31-29-19-25(38-3)14-15-26(28)29/h5-17,19-20,34H,4,18H2,1-3H3,(H,31,32)(H,33,37)/b27-21+. The molecule has 4 rings (SSSR count). The highest BCUT2D eigenvalue weighted by Gasteiger charge is 2.17. The lowest BCUT2D eigenvalue weighted by Gasteiger charge is -2.27. The largest absolute Gasteiger partial charge is 0.497 e. The number of aromatic nitrogens is 1. The second-order valence-electron chi connectivity index (χ2n) is 8.64. The van der Waals surface area contributed by atoms with Crippen molar-refractivity contribution in [1.29, 1.82) is 0 Å². The number of aldehydes is 1. The molecule has 0 radical (unpaired) electrons. The van der Waals surface area contributed by atoms with Crippen molar-refractivity contribution in [3.63, 3.8) is 0 Å². The molecule has 0 saturated heterocycles. The minimum Gasteiger partial charge on any atom is -0.497 e. The number of hydrogen-bond acceptors (Lipinski definition) is 7. The zero-order valence-electron chi connectivity index (χ0n) is 21.7. The maximum atomic E-state index is 13.0. The van der Waals surface area contributed by atoms with Crippen molar-refractivity contribution in [2.45, 2.75) is 20.3 Å². The lowest BCUT2D eigenvalue weighted by atomic mass is 10.1. The van der Waals surface area contributed by atoms with Crippen molar-refractivity contribution >= 4 is 45.8 Å². The zero-order valence-corrected chi connectivity index (χ0v) is 21.7. The topological polar surface area (TPSA) is 95.6 Å². The van der Waals surface area contributed by atoms with Gasteiger partial charge in [0.2, 0.25) is 0 Å². The summed E-state index contributed by atoms with van der Waals surface area (Å²) in [6.07, 6.45) is 3.17. The van der Waals surface area contributed by atoms with Crippen LogP contribution in [-0.2, 0) is 9.59 Å². The van der Waals surface area contributed by atoms with Crippen LogP contribution in [0.3, 0.4) is 0 Å². The predicted octanol–water partition coefficient (Wildman–Crippen LogP) is 6.14. The first-order chi connectivity index (χ1) is 18.5. The third-order valence-corrected chi connectivity index (χ3v) is 6.01. The van der Waals surface area contributed by atoms with Gasteiger partial charge in [0, 0.05) is 47.0 Å². The molecule has 0 spiro atoms. The number of nitrogens with zero attached hydrogens (tertiary/aromatic N) is 2. The van der Waals surface area contributed by atoms with E-state index in [9.17, 15) is 9.59 Å². The monoisotopic (exact) mass is 509 g/mol. The number of benzene rings is 3. The van der Waals surface area contributed by atoms with Crippen molar-refractivity contribution in [3.8, 4) is 5.75 Å². The smallest absolute Gasteiger partial charge is 0.260 e. The maximum absolute atomic E-state index is 13.0. The molecule has 8 nitrogen and oxygen atoms in total. The molecule has 1 amide bonds. The Balaban J connectivity index is 1.48. The number of amides is 1. The quantitative estimate of drug-likeness (QED) is 0.0735. The molecule has 0 fully saturated rings. The minimum absolute atomic E-state index is 0.0581. The Hall–Kier alpha value is -4.85. The SMILES string of the molecule is CCCN(Nc1ccccc1)/C(C)=C(\C=O)C(=O)Nc1ccc(Nc2ccnc3cc(OC)ccc23)cc1. The lowest BCUT2D eigenvalue weighted by molar-refractivity contribution is -0.115. The molecule has 1 aromatic heterocycles. The number of para-hydroxylation sites is 1. The summed E-state index contributed by atoms with van der Waals surface area (Å²) in [6, 6.07) is 24.6. The molecule has 0 aliphatic rings. The van der Waals surface area contributed by atoms with E-state index in [0.29, 0.717) is 24.2 Å². The highest BCUT2D eigenvalue weighted by molar-refractivity contribution is 6.17. The van der Waals surface area contributed by atoms with Crippen LogP contribution < -0.4 is 20.8 Å². The molecule has 3 N–H and O–H groups in total. The summed E-state index contributed by atoms with van der Waals surface area (Å²) in [5.74, 6) is 0.276. The number of hydrogen-bond donors (Lipinski definition) is 3. The van der Waals surface area contributed by atoms with Gasteiger partial charge in [-0.25, -0.2) is 0 Å². The number of nitrogens with one attached hydrogen (secondary N) is 3. The highest BCUT2D eigenvalue weighted by Crippen LogP contribution is 2.28. The molecule has 0 unspecified atom stereocenters. The van der Waals surface area contributed by atoms with E-state index in [-0.39, 0.29) is 5.57 Å². The highest BCUT2D eigenvalue weighted by atomic mass is 16.5. The van der Waals surface area contributed by atoms with Gasteiger partial charge in [0.1, 0.15) is 11.3 Å². The van der Waals surface area contributed by atoms with E-state index in [1.54, 1.807) is 32.4 Å². The second-order valence-corrected chi connectivity index (χ2v) is 8.64. The molecule has 0 bridgehead atoms. The number of rotatable bonds is 11. The second kappa shape index (κ2) is 12.4. The Labute approximate surface area is 222 Å². The van der Waals surface area contributed by atoms with Crippen LogP contribution in [0.25, 0.3) is 10.9 Å². The number of anilines is 4. The number of methoxy groups -OCH3 is 1. The van der Waals surface area contributed by atoms with Gasteiger partial charge in [0.15, 0.2) is 6.29 Å². The number of carbonyl (C=O) groups excluding carboxylic acids is 2. The number of ether oxygens (including phenoxy) is 1. The fraction of sp³-hybridized carbons (Fsp3) is 0.167. The minimum atomic E-state index is -0.469. The number of fused-ring (bicyclic) bond motifs is 1. The van der Waals surface area contributed by atoms with Crippen LogP contribution in [0.1, 0.15) is 20.3 Å². The first-order valence-corrected chi connectivity index (χ1v) is 12.4. The molecule has 0 aliphatic carbocycles. The van der Waals surface area contributed by atoms with Crippen LogP contribution in [0, 0.1) is 0 Å². The van der Waals surface area contributed by atoms with Gasteiger partial charge in [0.25, 0.3) is 5.91 Å². The van der Waals surface area contributed by atoms with Gasteiger partial charge < -0.3 is 15.4 Å². The molecule has 0 aliphatic heterocycles. The van der Waals surface area contributed by atoms with Gasteiger partial charge in [-0.2, -0.15) is 0 Å². The Morgan fingerprint density at radius 2 is 1.71 bits per heavy atom. The Kier molecular flexibility index (Phi) is 8.56.